The molecule has 0 aliphatic rings. The molecule has 0 atom stereocenters. The number of hydrogen-bond acceptors (Lipinski definition) is 5. The Kier molecular flexibility index (Phi) is 5.10. The Balaban J connectivity index is 2.24. The van der Waals surface area contributed by atoms with Crippen LogP contribution >= 0.6 is 0 Å². The van der Waals surface area contributed by atoms with Crippen LogP contribution in [0.3, 0.4) is 0 Å². The standard InChI is InChI=1S/C16H18FN3O3/c1-10(2)23-16(21)14(17)8-20-9-18-15(19-20)12-5-11(3)6-13(7-12)22-4/h5-10H,1-4H3/b14-8+. The van der Waals surface area contributed by atoms with E-state index >= 15 is 0 Å². The Hall–Kier alpha value is -2.70. The molecular weight excluding hydrogens is 301 g/mol. The van der Waals surface area contributed by atoms with Gasteiger partial charge in [-0.05, 0) is 44.5 Å². The van der Waals surface area contributed by atoms with E-state index in [4.69, 9.17) is 9.47 Å². The molecule has 2 aromatic rings. The maximum Gasteiger partial charge on any atom is 0.369 e. The third-order valence-corrected chi connectivity index (χ3v) is 2.84. The lowest BCUT2D eigenvalue weighted by atomic mass is 10.1. The zero-order chi connectivity index (χ0) is 17.0. The van der Waals surface area contributed by atoms with Crippen LogP contribution in [0.1, 0.15) is 19.4 Å². The van der Waals surface area contributed by atoms with Crippen LogP contribution in [0.5, 0.6) is 5.75 Å². The molecule has 0 aliphatic heterocycles. The highest BCUT2D eigenvalue weighted by molar-refractivity contribution is 5.89. The van der Waals surface area contributed by atoms with Gasteiger partial charge in [0.25, 0.3) is 0 Å². The van der Waals surface area contributed by atoms with Crippen molar-refractivity contribution in [3.63, 3.8) is 0 Å². The fourth-order valence-electron chi connectivity index (χ4n) is 1.90. The van der Waals surface area contributed by atoms with Crippen molar-refractivity contribution < 1.29 is 18.7 Å². The van der Waals surface area contributed by atoms with Crippen LogP contribution in [0.4, 0.5) is 4.39 Å². The predicted octanol–water partition coefficient (Wildman–Crippen LogP) is 2.98. The van der Waals surface area contributed by atoms with E-state index in [-0.39, 0.29) is 0 Å². The molecule has 6 nitrogen and oxygen atoms in total. The Morgan fingerprint density at radius 1 is 1.35 bits per heavy atom. The molecule has 1 aromatic carbocycles. The highest BCUT2D eigenvalue weighted by Crippen LogP contribution is 2.23. The van der Waals surface area contributed by atoms with Crippen LogP contribution in [-0.2, 0) is 9.53 Å². The molecule has 0 saturated carbocycles. The second-order valence-corrected chi connectivity index (χ2v) is 5.22. The number of aryl methyl sites for hydroxylation is 1. The number of rotatable bonds is 5. The normalized spacial score (nSPS) is 11.7. The van der Waals surface area contributed by atoms with Crippen molar-refractivity contribution in [1.29, 1.82) is 0 Å². The van der Waals surface area contributed by atoms with Crippen molar-refractivity contribution in [3.8, 4) is 17.1 Å². The van der Waals surface area contributed by atoms with Crippen molar-refractivity contribution in [1.82, 2.24) is 14.8 Å². The van der Waals surface area contributed by atoms with Crippen molar-refractivity contribution in [2.24, 2.45) is 0 Å². The Morgan fingerprint density at radius 2 is 2.09 bits per heavy atom. The summed E-state index contributed by atoms with van der Waals surface area (Å²) in [5.74, 6) is -1.00. The van der Waals surface area contributed by atoms with Crippen LogP contribution in [-0.4, -0.2) is 33.9 Å². The minimum absolute atomic E-state index is 0.396. The average molecular weight is 319 g/mol. The van der Waals surface area contributed by atoms with Gasteiger partial charge in [0.2, 0.25) is 5.83 Å². The zero-order valence-electron chi connectivity index (χ0n) is 13.4. The number of methoxy groups -OCH3 is 1. The second kappa shape index (κ2) is 7.04. The summed E-state index contributed by atoms with van der Waals surface area (Å²) in [5.41, 5.74) is 1.72. The number of carbonyl (C=O) groups is 1. The largest absolute Gasteiger partial charge is 0.497 e. The summed E-state index contributed by atoms with van der Waals surface area (Å²) in [4.78, 5) is 15.5. The maximum atomic E-state index is 13.7. The molecule has 0 fully saturated rings. The zero-order valence-corrected chi connectivity index (χ0v) is 13.4. The second-order valence-electron chi connectivity index (χ2n) is 5.22. The quantitative estimate of drug-likeness (QED) is 0.626. The number of nitrogens with zero attached hydrogens (tertiary/aromatic N) is 3. The highest BCUT2D eigenvalue weighted by Gasteiger charge is 2.13. The molecule has 1 aromatic heterocycles. The molecule has 0 amide bonds. The van der Waals surface area contributed by atoms with Gasteiger partial charge in [0, 0.05) is 5.56 Å². The van der Waals surface area contributed by atoms with Gasteiger partial charge in [-0.1, -0.05) is 0 Å². The van der Waals surface area contributed by atoms with Gasteiger partial charge in [0.05, 0.1) is 19.4 Å². The first-order chi connectivity index (χ1) is 10.9. The average Bonchev–Trinajstić information content (AvgIpc) is 2.94. The number of halogens is 1. The van der Waals surface area contributed by atoms with Crippen molar-refractivity contribution in [2.75, 3.05) is 7.11 Å². The van der Waals surface area contributed by atoms with Gasteiger partial charge < -0.3 is 9.47 Å². The molecule has 7 heteroatoms. The van der Waals surface area contributed by atoms with Gasteiger partial charge >= 0.3 is 5.97 Å². The van der Waals surface area contributed by atoms with E-state index in [0.29, 0.717) is 11.6 Å². The van der Waals surface area contributed by atoms with E-state index < -0.39 is 17.9 Å². The SMILES string of the molecule is COc1cc(C)cc(-c2ncn(/C=C(/F)C(=O)OC(C)C)n2)c1. The van der Waals surface area contributed by atoms with Gasteiger partial charge in [-0.2, -0.15) is 4.39 Å². The lowest BCUT2D eigenvalue weighted by Crippen LogP contribution is -2.12. The Bertz CT molecular complexity index is 738. The third-order valence-electron chi connectivity index (χ3n) is 2.84. The minimum atomic E-state index is -1.04. The summed E-state index contributed by atoms with van der Waals surface area (Å²) < 4.78 is 24.8. The summed E-state index contributed by atoms with van der Waals surface area (Å²) in [5, 5.41) is 4.12. The lowest BCUT2D eigenvalue weighted by molar-refractivity contribution is -0.144. The highest BCUT2D eigenvalue weighted by atomic mass is 19.1. The van der Waals surface area contributed by atoms with Crippen molar-refractivity contribution >= 4 is 12.2 Å². The topological polar surface area (TPSA) is 66.2 Å². The van der Waals surface area contributed by atoms with Gasteiger partial charge in [-0.25, -0.2) is 14.5 Å². The van der Waals surface area contributed by atoms with Crippen LogP contribution in [0.15, 0.2) is 30.4 Å². The summed E-state index contributed by atoms with van der Waals surface area (Å²) in [6.07, 6.45) is 1.84. The van der Waals surface area contributed by atoms with Crippen LogP contribution in [0.25, 0.3) is 17.6 Å². The summed E-state index contributed by atoms with van der Waals surface area (Å²) in [7, 11) is 1.57. The monoisotopic (exact) mass is 319 g/mol. The molecule has 23 heavy (non-hydrogen) atoms. The van der Waals surface area contributed by atoms with Crippen LogP contribution in [0, 0.1) is 6.92 Å². The van der Waals surface area contributed by atoms with E-state index in [2.05, 4.69) is 10.1 Å². The molecule has 0 spiro atoms. The maximum absolute atomic E-state index is 13.7. The summed E-state index contributed by atoms with van der Waals surface area (Å²) >= 11 is 0. The van der Waals surface area contributed by atoms with Gasteiger partial charge in [0.1, 0.15) is 12.1 Å². The molecule has 122 valence electrons. The first-order valence-electron chi connectivity index (χ1n) is 7.04. The summed E-state index contributed by atoms with van der Waals surface area (Å²) in [6, 6.07) is 5.54. The van der Waals surface area contributed by atoms with Crippen LogP contribution < -0.4 is 4.74 Å². The van der Waals surface area contributed by atoms with Crippen molar-refractivity contribution in [2.45, 2.75) is 26.9 Å². The van der Waals surface area contributed by atoms with E-state index in [1.807, 2.05) is 19.1 Å². The van der Waals surface area contributed by atoms with Crippen molar-refractivity contribution in [3.05, 3.63) is 35.9 Å². The number of benzene rings is 1. The number of hydrogen-bond donors (Lipinski definition) is 0. The Labute approximate surface area is 133 Å². The van der Waals surface area contributed by atoms with E-state index in [1.54, 1.807) is 27.0 Å². The molecule has 0 N–H and O–H groups in total. The fraction of sp³-hybridized carbons (Fsp3) is 0.312. The van der Waals surface area contributed by atoms with E-state index in [9.17, 15) is 9.18 Å². The molecule has 0 aliphatic carbocycles. The van der Waals surface area contributed by atoms with Gasteiger partial charge in [-0.15, -0.1) is 5.10 Å². The smallest absolute Gasteiger partial charge is 0.369 e. The minimum Gasteiger partial charge on any atom is -0.497 e. The van der Waals surface area contributed by atoms with E-state index in [1.165, 1.54) is 6.33 Å². The third kappa shape index (κ3) is 4.38. The number of esters is 1. The predicted molar refractivity (Wildman–Crippen MR) is 83.4 cm³/mol. The molecule has 0 bridgehead atoms. The lowest BCUT2D eigenvalue weighted by Gasteiger charge is -2.05. The molecule has 0 saturated heterocycles. The van der Waals surface area contributed by atoms with Gasteiger partial charge in [0.15, 0.2) is 5.82 Å². The Morgan fingerprint density at radius 3 is 2.74 bits per heavy atom. The fourth-order valence-corrected chi connectivity index (χ4v) is 1.90. The number of carbonyl (C=O) groups excluding carboxylic acids is 1. The molecular formula is C16H18FN3O3. The van der Waals surface area contributed by atoms with E-state index in [0.717, 1.165) is 22.0 Å². The number of ether oxygens (including phenoxy) is 2. The first-order valence-corrected chi connectivity index (χ1v) is 7.04. The molecule has 0 radical (unpaired) electrons. The van der Waals surface area contributed by atoms with Crippen LogP contribution in [0.2, 0.25) is 0 Å². The molecule has 1 heterocycles. The molecule has 2 rings (SSSR count). The molecule has 0 unspecified atom stereocenters. The van der Waals surface area contributed by atoms with Gasteiger partial charge in [-0.3, -0.25) is 0 Å². The first kappa shape index (κ1) is 16.7. The summed E-state index contributed by atoms with van der Waals surface area (Å²) in [6.45, 7) is 5.21. The number of aromatic nitrogens is 3.